The number of anilines is 2. The van der Waals surface area contributed by atoms with Crippen LogP contribution in [0.4, 0.5) is 15.8 Å². The molecule has 0 unspecified atom stereocenters. The summed E-state index contributed by atoms with van der Waals surface area (Å²) in [6, 6.07) is 9.16. The lowest BCUT2D eigenvalue weighted by molar-refractivity contribution is -0.117. The number of carbonyl (C=O) groups is 1. The van der Waals surface area contributed by atoms with Crippen molar-refractivity contribution in [2.45, 2.75) is 25.8 Å². The highest BCUT2D eigenvalue weighted by Gasteiger charge is 2.21. The van der Waals surface area contributed by atoms with Crippen molar-refractivity contribution in [2.75, 3.05) is 16.8 Å². The van der Waals surface area contributed by atoms with Crippen molar-refractivity contribution in [3.05, 3.63) is 54.1 Å². The zero-order valence-corrected chi connectivity index (χ0v) is 12.4. The van der Waals surface area contributed by atoms with Crippen LogP contribution in [0, 0.1) is 5.82 Å². The van der Waals surface area contributed by atoms with Gasteiger partial charge in [-0.3, -0.25) is 9.78 Å². The molecule has 1 amide bonds. The van der Waals surface area contributed by atoms with Crippen molar-refractivity contribution in [1.82, 2.24) is 4.98 Å². The SMILES string of the molecule is C[C@@H](Nc1ccc(N2CCCC2=O)cc1)c1cncc(F)c1. The van der Waals surface area contributed by atoms with E-state index in [1.165, 1.54) is 12.3 Å². The molecule has 3 rings (SSSR count). The zero-order chi connectivity index (χ0) is 15.5. The maximum absolute atomic E-state index is 13.2. The van der Waals surface area contributed by atoms with Crippen LogP contribution in [0.3, 0.4) is 0 Å². The minimum atomic E-state index is -0.339. The molecule has 1 N–H and O–H groups in total. The fourth-order valence-electron chi connectivity index (χ4n) is 2.66. The van der Waals surface area contributed by atoms with Gasteiger partial charge in [-0.15, -0.1) is 0 Å². The van der Waals surface area contributed by atoms with Gasteiger partial charge in [0.05, 0.1) is 12.2 Å². The summed E-state index contributed by atoms with van der Waals surface area (Å²) in [5, 5.41) is 3.30. The van der Waals surface area contributed by atoms with Gasteiger partial charge in [0.25, 0.3) is 0 Å². The Kier molecular flexibility index (Phi) is 4.04. The topological polar surface area (TPSA) is 45.2 Å². The second kappa shape index (κ2) is 6.13. The molecule has 1 aromatic carbocycles. The highest BCUT2D eigenvalue weighted by molar-refractivity contribution is 5.95. The van der Waals surface area contributed by atoms with Crippen molar-refractivity contribution in [2.24, 2.45) is 0 Å². The van der Waals surface area contributed by atoms with Gasteiger partial charge in [0, 0.05) is 30.5 Å². The first-order valence-corrected chi connectivity index (χ1v) is 7.41. The van der Waals surface area contributed by atoms with E-state index in [1.54, 1.807) is 6.20 Å². The molecule has 4 nitrogen and oxygen atoms in total. The first-order valence-electron chi connectivity index (χ1n) is 7.41. The van der Waals surface area contributed by atoms with E-state index in [9.17, 15) is 9.18 Å². The fourth-order valence-corrected chi connectivity index (χ4v) is 2.66. The molecule has 0 spiro atoms. The summed E-state index contributed by atoms with van der Waals surface area (Å²) in [5.41, 5.74) is 2.64. The molecule has 5 heteroatoms. The van der Waals surface area contributed by atoms with Crippen LogP contribution in [0.2, 0.25) is 0 Å². The highest BCUT2D eigenvalue weighted by atomic mass is 19.1. The predicted molar refractivity (Wildman–Crippen MR) is 84.3 cm³/mol. The largest absolute Gasteiger partial charge is 0.378 e. The van der Waals surface area contributed by atoms with E-state index in [0.29, 0.717) is 6.42 Å². The number of aromatic nitrogens is 1. The Bertz CT molecular complexity index is 672. The van der Waals surface area contributed by atoms with Crippen molar-refractivity contribution < 1.29 is 9.18 Å². The van der Waals surface area contributed by atoms with Crippen LogP contribution in [0.5, 0.6) is 0 Å². The second-order valence-corrected chi connectivity index (χ2v) is 5.50. The molecule has 0 radical (unpaired) electrons. The van der Waals surface area contributed by atoms with Gasteiger partial charge in [-0.1, -0.05) is 0 Å². The number of rotatable bonds is 4. The Morgan fingerprint density at radius 1 is 1.27 bits per heavy atom. The second-order valence-electron chi connectivity index (χ2n) is 5.50. The van der Waals surface area contributed by atoms with Crippen LogP contribution in [0.25, 0.3) is 0 Å². The van der Waals surface area contributed by atoms with Crippen LogP contribution >= 0.6 is 0 Å². The number of hydrogen-bond donors (Lipinski definition) is 1. The summed E-state index contributed by atoms with van der Waals surface area (Å²) in [6.07, 6.45) is 4.39. The predicted octanol–water partition coefficient (Wildman–Crippen LogP) is 3.52. The van der Waals surface area contributed by atoms with Crippen LogP contribution < -0.4 is 10.2 Å². The summed E-state index contributed by atoms with van der Waals surface area (Å²) in [7, 11) is 0. The van der Waals surface area contributed by atoms with Crippen LogP contribution in [-0.4, -0.2) is 17.4 Å². The number of pyridine rings is 1. The van der Waals surface area contributed by atoms with Gasteiger partial charge < -0.3 is 10.2 Å². The standard InChI is InChI=1S/C17H18FN3O/c1-12(13-9-14(18)11-19-10-13)20-15-4-6-16(7-5-15)21-8-2-3-17(21)22/h4-7,9-12,20H,2-3,8H2,1H3/t12-/m1/s1. The van der Waals surface area contributed by atoms with Gasteiger partial charge in [-0.05, 0) is 49.2 Å². The molecule has 0 aliphatic carbocycles. The molecule has 2 aromatic rings. The van der Waals surface area contributed by atoms with Crippen molar-refractivity contribution in [3.8, 4) is 0 Å². The Balaban J connectivity index is 1.69. The Hall–Kier alpha value is -2.43. The molecule has 22 heavy (non-hydrogen) atoms. The maximum Gasteiger partial charge on any atom is 0.227 e. The number of carbonyl (C=O) groups excluding carboxylic acids is 1. The third kappa shape index (κ3) is 3.08. The summed E-state index contributed by atoms with van der Waals surface area (Å²) in [4.78, 5) is 17.4. The molecule has 114 valence electrons. The lowest BCUT2D eigenvalue weighted by Crippen LogP contribution is -2.23. The van der Waals surface area contributed by atoms with Gasteiger partial charge in [0.1, 0.15) is 5.82 Å². The van der Waals surface area contributed by atoms with E-state index >= 15 is 0 Å². The summed E-state index contributed by atoms with van der Waals surface area (Å²) in [6.45, 7) is 2.74. The molecule has 1 saturated heterocycles. The smallest absolute Gasteiger partial charge is 0.227 e. The third-order valence-corrected chi connectivity index (χ3v) is 3.86. The third-order valence-electron chi connectivity index (χ3n) is 3.86. The number of benzene rings is 1. The molecular formula is C17H18FN3O. The van der Waals surface area contributed by atoms with Crippen LogP contribution in [0.15, 0.2) is 42.7 Å². The van der Waals surface area contributed by atoms with E-state index in [-0.39, 0.29) is 17.8 Å². The Morgan fingerprint density at radius 3 is 2.68 bits per heavy atom. The first kappa shape index (κ1) is 14.5. The van der Waals surface area contributed by atoms with Crippen LogP contribution in [0.1, 0.15) is 31.4 Å². The average molecular weight is 299 g/mol. The molecule has 1 aliphatic rings. The first-order chi connectivity index (χ1) is 10.6. The number of nitrogens with zero attached hydrogens (tertiary/aromatic N) is 2. The highest BCUT2D eigenvalue weighted by Crippen LogP contribution is 2.25. The van der Waals surface area contributed by atoms with Crippen molar-refractivity contribution in [1.29, 1.82) is 0 Å². The average Bonchev–Trinajstić information content (AvgIpc) is 2.94. The molecule has 0 saturated carbocycles. The minimum Gasteiger partial charge on any atom is -0.378 e. The molecule has 2 heterocycles. The number of hydrogen-bond acceptors (Lipinski definition) is 3. The lowest BCUT2D eigenvalue weighted by Gasteiger charge is -2.18. The normalized spacial score (nSPS) is 15.9. The molecule has 1 fully saturated rings. The quantitative estimate of drug-likeness (QED) is 0.939. The van der Waals surface area contributed by atoms with Crippen molar-refractivity contribution >= 4 is 17.3 Å². The molecule has 1 atom stereocenters. The van der Waals surface area contributed by atoms with E-state index in [2.05, 4.69) is 10.3 Å². The summed E-state index contributed by atoms with van der Waals surface area (Å²) in [5.74, 6) is -0.158. The fraction of sp³-hybridized carbons (Fsp3) is 0.294. The van der Waals surface area contributed by atoms with Crippen LogP contribution in [-0.2, 0) is 4.79 Å². The van der Waals surface area contributed by atoms with Crippen molar-refractivity contribution in [3.63, 3.8) is 0 Å². The van der Waals surface area contributed by atoms with Gasteiger partial charge >= 0.3 is 0 Å². The Labute approximate surface area is 129 Å². The molecular weight excluding hydrogens is 281 g/mol. The maximum atomic E-state index is 13.2. The number of amides is 1. The molecule has 1 aliphatic heterocycles. The van der Waals surface area contributed by atoms with E-state index in [1.807, 2.05) is 36.1 Å². The van der Waals surface area contributed by atoms with Gasteiger partial charge in [-0.25, -0.2) is 4.39 Å². The van der Waals surface area contributed by atoms with E-state index < -0.39 is 0 Å². The zero-order valence-electron chi connectivity index (χ0n) is 12.4. The lowest BCUT2D eigenvalue weighted by atomic mass is 10.1. The Morgan fingerprint density at radius 2 is 2.05 bits per heavy atom. The minimum absolute atomic E-state index is 0.0533. The number of halogens is 1. The van der Waals surface area contributed by atoms with Gasteiger partial charge in [-0.2, -0.15) is 0 Å². The number of nitrogens with one attached hydrogen (secondary N) is 1. The molecule has 1 aromatic heterocycles. The van der Waals surface area contributed by atoms with Gasteiger partial charge in [0.2, 0.25) is 5.91 Å². The monoisotopic (exact) mass is 299 g/mol. The summed E-state index contributed by atoms with van der Waals surface area (Å²) >= 11 is 0. The summed E-state index contributed by atoms with van der Waals surface area (Å²) < 4.78 is 13.2. The van der Waals surface area contributed by atoms with E-state index in [0.717, 1.165) is 29.9 Å². The molecule has 0 bridgehead atoms. The van der Waals surface area contributed by atoms with Gasteiger partial charge in [0.15, 0.2) is 0 Å². The van der Waals surface area contributed by atoms with E-state index in [4.69, 9.17) is 0 Å².